The molecule has 130 valence electrons. The van der Waals surface area contributed by atoms with E-state index >= 15 is 0 Å². The third-order valence-electron chi connectivity index (χ3n) is 4.20. The zero-order valence-electron chi connectivity index (χ0n) is 13.7. The normalized spacial score (nSPS) is 11.1. The Balaban J connectivity index is 1.63. The van der Waals surface area contributed by atoms with Crippen LogP contribution >= 0.6 is 11.6 Å². The molecule has 0 radical (unpaired) electrons. The third kappa shape index (κ3) is 2.95. The van der Waals surface area contributed by atoms with Crippen molar-refractivity contribution in [2.45, 2.75) is 13.1 Å². The second kappa shape index (κ2) is 6.65. The minimum atomic E-state index is -0.259. The molecule has 1 N–H and O–H groups in total. The number of rotatable bonds is 4. The maximum absolute atomic E-state index is 12.8. The lowest BCUT2D eigenvalue weighted by Crippen LogP contribution is -2.33. The molecule has 0 fully saturated rings. The van der Waals surface area contributed by atoms with Crippen molar-refractivity contribution in [3.05, 3.63) is 81.9 Å². The maximum atomic E-state index is 12.8. The van der Waals surface area contributed by atoms with Gasteiger partial charge in [-0.3, -0.25) is 14.2 Å². The third-order valence-corrected chi connectivity index (χ3v) is 4.45. The number of pyridine rings is 1. The van der Waals surface area contributed by atoms with Crippen molar-refractivity contribution in [3.63, 3.8) is 0 Å². The van der Waals surface area contributed by atoms with Crippen molar-refractivity contribution in [2.75, 3.05) is 0 Å². The summed E-state index contributed by atoms with van der Waals surface area (Å²) in [5, 5.41) is 3.47. The molecule has 3 heterocycles. The fourth-order valence-electron chi connectivity index (χ4n) is 2.93. The molecule has 0 aliphatic heterocycles. The molecule has 26 heavy (non-hydrogen) atoms. The number of benzene rings is 1. The summed E-state index contributed by atoms with van der Waals surface area (Å²) in [4.78, 5) is 29.4. The van der Waals surface area contributed by atoms with Gasteiger partial charge in [-0.05, 0) is 42.0 Å². The Morgan fingerprint density at radius 3 is 2.65 bits per heavy atom. The minimum Gasteiger partial charge on any atom is -0.350 e. The van der Waals surface area contributed by atoms with Gasteiger partial charge in [-0.1, -0.05) is 23.7 Å². The van der Waals surface area contributed by atoms with Gasteiger partial charge < -0.3 is 9.72 Å². The monoisotopic (exact) mass is 366 g/mol. The van der Waals surface area contributed by atoms with Crippen molar-refractivity contribution >= 4 is 34.2 Å². The molecule has 0 saturated carbocycles. The number of hydrogen-bond donors (Lipinski definition) is 1. The molecule has 3 aromatic heterocycles. The number of nitrogens with one attached hydrogen (secondary N) is 1. The zero-order chi connectivity index (χ0) is 18.1. The molecule has 0 aliphatic rings. The largest absolute Gasteiger partial charge is 0.350 e. The average molecular weight is 367 g/mol. The summed E-state index contributed by atoms with van der Waals surface area (Å²) in [5.41, 5.74) is 2.44. The smallest absolute Gasteiger partial charge is 0.276 e. The first-order valence-corrected chi connectivity index (χ1v) is 8.47. The standard InChI is InChI=1S/C19H15ClN4O2/c20-14-7-5-13(6-8-14)11-22-17(25)12-24-18-15(3-1-9-21-18)23-10-2-4-16(23)19(24)26/h1-10H,11-12H2,(H,22,25). The zero-order valence-corrected chi connectivity index (χ0v) is 14.5. The lowest BCUT2D eigenvalue weighted by molar-refractivity contribution is -0.121. The molecule has 0 aliphatic carbocycles. The van der Waals surface area contributed by atoms with Gasteiger partial charge in [-0.25, -0.2) is 4.98 Å². The van der Waals surface area contributed by atoms with Gasteiger partial charge >= 0.3 is 0 Å². The first kappa shape index (κ1) is 16.4. The summed E-state index contributed by atoms with van der Waals surface area (Å²) < 4.78 is 3.19. The summed E-state index contributed by atoms with van der Waals surface area (Å²) in [6, 6.07) is 14.4. The van der Waals surface area contributed by atoms with Crippen molar-refractivity contribution in [1.82, 2.24) is 19.3 Å². The molecule has 0 spiro atoms. The number of nitrogens with zero attached hydrogens (tertiary/aromatic N) is 3. The predicted molar refractivity (Wildman–Crippen MR) is 100 cm³/mol. The molecule has 4 rings (SSSR count). The molecular weight excluding hydrogens is 352 g/mol. The van der Waals surface area contributed by atoms with Crippen molar-refractivity contribution in [1.29, 1.82) is 0 Å². The molecule has 1 amide bonds. The molecule has 4 aromatic rings. The van der Waals surface area contributed by atoms with Gasteiger partial charge in [-0.2, -0.15) is 0 Å². The number of hydrogen-bond acceptors (Lipinski definition) is 3. The van der Waals surface area contributed by atoms with Crippen LogP contribution in [0.15, 0.2) is 65.7 Å². The van der Waals surface area contributed by atoms with Crippen LogP contribution in [0.4, 0.5) is 0 Å². The molecule has 0 saturated heterocycles. The van der Waals surface area contributed by atoms with Gasteiger partial charge in [0.2, 0.25) is 5.91 Å². The summed E-state index contributed by atoms with van der Waals surface area (Å²) in [6.45, 7) is 0.269. The van der Waals surface area contributed by atoms with E-state index in [-0.39, 0.29) is 18.0 Å². The molecule has 0 atom stereocenters. The van der Waals surface area contributed by atoms with Crippen LogP contribution < -0.4 is 10.9 Å². The van der Waals surface area contributed by atoms with E-state index in [2.05, 4.69) is 10.3 Å². The van der Waals surface area contributed by atoms with E-state index in [1.807, 2.05) is 24.4 Å². The Kier molecular flexibility index (Phi) is 4.18. The van der Waals surface area contributed by atoms with E-state index in [1.165, 1.54) is 4.57 Å². The summed E-state index contributed by atoms with van der Waals surface area (Å²) in [6.07, 6.45) is 3.42. The van der Waals surface area contributed by atoms with E-state index in [4.69, 9.17) is 11.6 Å². The fraction of sp³-hybridized carbons (Fsp3) is 0.105. The van der Waals surface area contributed by atoms with Crippen molar-refractivity contribution in [3.8, 4) is 0 Å². The molecule has 0 bridgehead atoms. The predicted octanol–water partition coefficient (Wildman–Crippen LogP) is 2.62. The number of carbonyl (C=O) groups is 1. The lowest BCUT2D eigenvalue weighted by Gasteiger charge is -2.12. The van der Waals surface area contributed by atoms with Crippen LogP contribution in [0.25, 0.3) is 16.7 Å². The van der Waals surface area contributed by atoms with E-state index in [0.29, 0.717) is 22.7 Å². The van der Waals surface area contributed by atoms with Crippen molar-refractivity contribution < 1.29 is 4.79 Å². The second-order valence-corrected chi connectivity index (χ2v) is 6.34. The average Bonchev–Trinajstić information content (AvgIpc) is 3.15. The summed E-state index contributed by atoms with van der Waals surface area (Å²) >= 11 is 5.86. The van der Waals surface area contributed by atoms with Gasteiger partial charge in [0.25, 0.3) is 5.56 Å². The van der Waals surface area contributed by atoms with Crippen LogP contribution in [0.2, 0.25) is 5.02 Å². The van der Waals surface area contributed by atoms with Crippen LogP contribution in [0, 0.1) is 0 Å². The first-order valence-electron chi connectivity index (χ1n) is 8.09. The topological polar surface area (TPSA) is 68.4 Å². The molecule has 0 unspecified atom stereocenters. The van der Waals surface area contributed by atoms with Gasteiger partial charge in [0, 0.05) is 24.0 Å². The van der Waals surface area contributed by atoms with Crippen LogP contribution in [-0.2, 0) is 17.9 Å². The Morgan fingerprint density at radius 1 is 1.08 bits per heavy atom. The molecule has 6 nitrogen and oxygen atoms in total. The highest BCUT2D eigenvalue weighted by molar-refractivity contribution is 6.30. The molecule has 1 aromatic carbocycles. The highest BCUT2D eigenvalue weighted by Crippen LogP contribution is 2.13. The van der Waals surface area contributed by atoms with Gasteiger partial charge in [0.15, 0.2) is 5.65 Å². The van der Waals surface area contributed by atoms with E-state index in [1.54, 1.807) is 40.9 Å². The van der Waals surface area contributed by atoms with E-state index in [0.717, 1.165) is 11.1 Å². The number of amides is 1. The highest BCUT2D eigenvalue weighted by atomic mass is 35.5. The quantitative estimate of drug-likeness (QED) is 0.603. The Labute approximate surface area is 153 Å². The Hall–Kier alpha value is -3.12. The highest BCUT2D eigenvalue weighted by Gasteiger charge is 2.13. The van der Waals surface area contributed by atoms with E-state index < -0.39 is 0 Å². The number of halogens is 1. The minimum absolute atomic E-state index is 0.0956. The second-order valence-electron chi connectivity index (χ2n) is 5.90. The molecule has 7 heteroatoms. The molecular formula is C19H15ClN4O2. The Morgan fingerprint density at radius 2 is 1.85 bits per heavy atom. The van der Waals surface area contributed by atoms with Crippen LogP contribution in [0.5, 0.6) is 0 Å². The summed E-state index contributed by atoms with van der Waals surface area (Å²) in [5.74, 6) is -0.259. The number of fused-ring (bicyclic) bond motifs is 3. The van der Waals surface area contributed by atoms with Crippen LogP contribution in [0.3, 0.4) is 0 Å². The number of carbonyl (C=O) groups excluding carboxylic acids is 1. The van der Waals surface area contributed by atoms with Gasteiger partial charge in [0.05, 0.1) is 5.52 Å². The Bertz CT molecular complexity index is 1160. The van der Waals surface area contributed by atoms with Crippen LogP contribution in [-0.4, -0.2) is 19.9 Å². The van der Waals surface area contributed by atoms with Crippen LogP contribution in [0.1, 0.15) is 5.56 Å². The lowest BCUT2D eigenvalue weighted by atomic mass is 10.2. The van der Waals surface area contributed by atoms with Crippen molar-refractivity contribution in [2.24, 2.45) is 0 Å². The van der Waals surface area contributed by atoms with Gasteiger partial charge in [0.1, 0.15) is 12.1 Å². The maximum Gasteiger partial charge on any atom is 0.276 e. The number of aromatic nitrogens is 3. The fourth-order valence-corrected chi connectivity index (χ4v) is 3.06. The SMILES string of the molecule is O=C(Cn1c(=O)c2cccn2c2cccnc21)NCc1ccc(Cl)cc1. The first-order chi connectivity index (χ1) is 12.6. The van der Waals surface area contributed by atoms with Gasteiger partial charge in [-0.15, -0.1) is 0 Å². The van der Waals surface area contributed by atoms with E-state index in [9.17, 15) is 9.59 Å². The summed E-state index contributed by atoms with van der Waals surface area (Å²) in [7, 11) is 0.